The fraction of sp³-hybridized carbons (Fsp3) is 0.316. The molecule has 1 amide bonds. The van der Waals surface area contributed by atoms with E-state index in [9.17, 15) is 4.79 Å². The number of rotatable bonds is 4. The Morgan fingerprint density at radius 2 is 2.11 bits per heavy atom. The van der Waals surface area contributed by atoms with Crippen LogP contribution in [-0.2, 0) is 0 Å². The van der Waals surface area contributed by atoms with Gasteiger partial charge in [-0.2, -0.15) is 0 Å². The number of aromatic nitrogens is 4. The predicted molar refractivity (Wildman–Crippen MR) is 108 cm³/mol. The van der Waals surface area contributed by atoms with Crippen LogP contribution in [0.3, 0.4) is 0 Å². The maximum Gasteiger partial charge on any atom is 0.263 e. The molecule has 0 spiro atoms. The van der Waals surface area contributed by atoms with Gasteiger partial charge in [0.1, 0.15) is 11.4 Å². The van der Waals surface area contributed by atoms with Crippen molar-refractivity contribution in [1.29, 1.82) is 0 Å². The molecule has 0 atom stereocenters. The molecule has 0 unspecified atom stereocenters. The van der Waals surface area contributed by atoms with E-state index in [1.54, 1.807) is 18.0 Å². The molecule has 1 aromatic carbocycles. The van der Waals surface area contributed by atoms with Gasteiger partial charge in [-0.15, -0.1) is 10.2 Å². The summed E-state index contributed by atoms with van der Waals surface area (Å²) in [4.78, 5) is 26.1. The first-order chi connectivity index (χ1) is 13.6. The van der Waals surface area contributed by atoms with Gasteiger partial charge in [0.15, 0.2) is 5.16 Å². The first-order valence-corrected chi connectivity index (χ1v) is 10.2. The second kappa shape index (κ2) is 7.59. The smallest absolute Gasteiger partial charge is 0.263 e. The summed E-state index contributed by atoms with van der Waals surface area (Å²) >= 11 is 1.46. The van der Waals surface area contributed by atoms with Crippen LogP contribution in [0.4, 0.5) is 11.5 Å². The van der Waals surface area contributed by atoms with Crippen molar-refractivity contribution in [3.8, 4) is 11.5 Å². The van der Waals surface area contributed by atoms with Crippen molar-refractivity contribution < 1.29 is 9.21 Å². The zero-order chi connectivity index (χ0) is 19.7. The number of aryl methyl sites for hydroxylation is 1. The minimum absolute atomic E-state index is 0.113. The average Bonchev–Trinajstić information content (AvgIpc) is 3.11. The number of amides is 1. The highest BCUT2D eigenvalue weighted by Gasteiger charge is 2.29. The van der Waals surface area contributed by atoms with E-state index in [2.05, 4.69) is 32.0 Å². The number of hydrogen-bond donors (Lipinski definition) is 0. The minimum Gasteiger partial charge on any atom is -0.421 e. The predicted octanol–water partition coefficient (Wildman–Crippen LogP) is 3.04. The molecule has 144 valence electrons. The molecule has 0 aliphatic carbocycles. The third-order valence-corrected chi connectivity index (χ3v) is 5.17. The summed E-state index contributed by atoms with van der Waals surface area (Å²) in [6, 6.07) is 7.57. The van der Waals surface area contributed by atoms with Gasteiger partial charge in [0, 0.05) is 44.0 Å². The molecule has 1 aliphatic rings. The normalized spacial score (nSPS) is 14.2. The van der Waals surface area contributed by atoms with Gasteiger partial charge in [-0.25, -0.2) is 9.97 Å². The second-order valence-electron chi connectivity index (χ2n) is 6.31. The SMILES string of the molecule is CCN1CCN(c2cccc(-c3nnc(C)o3)c2)C(=O)c2cnc(SC)nc21. The van der Waals surface area contributed by atoms with Gasteiger partial charge >= 0.3 is 0 Å². The van der Waals surface area contributed by atoms with Crippen molar-refractivity contribution in [3.63, 3.8) is 0 Å². The van der Waals surface area contributed by atoms with Crippen LogP contribution in [-0.4, -0.2) is 52.0 Å². The fourth-order valence-corrected chi connectivity index (χ4v) is 3.53. The van der Waals surface area contributed by atoms with E-state index in [0.29, 0.717) is 41.4 Å². The molecular weight excluding hydrogens is 376 g/mol. The monoisotopic (exact) mass is 396 g/mol. The number of benzene rings is 1. The van der Waals surface area contributed by atoms with Gasteiger partial charge in [0.05, 0.1) is 0 Å². The Bertz CT molecular complexity index is 1020. The first-order valence-electron chi connectivity index (χ1n) is 8.99. The molecule has 3 heterocycles. The Kier molecular flexibility index (Phi) is 4.99. The van der Waals surface area contributed by atoms with Crippen molar-refractivity contribution in [1.82, 2.24) is 20.2 Å². The lowest BCUT2D eigenvalue weighted by Gasteiger charge is -2.22. The number of carbonyl (C=O) groups is 1. The Labute approximate surface area is 167 Å². The lowest BCUT2D eigenvalue weighted by Crippen LogP contribution is -2.34. The summed E-state index contributed by atoms with van der Waals surface area (Å²) in [5.74, 6) is 1.51. The van der Waals surface area contributed by atoms with Crippen LogP contribution >= 0.6 is 11.8 Å². The van der Waals surface area contributed by atoms with Gasteiger partial charge < -0.3 is 14.2 Å². The molecule has 0 radical (unpaired) electrons. The summed E-state index contributed by atoms with van der Waals surface area (Å²) in [6.07, 6.45) is 3.55. The number of fused-ring (bicyclic) bond motifs is 1. The zero-order valence-electron chi connectivity index (χ0n) is 15.9. The van der Waals surface area contributed by atoms with E-state index in [4.69, 9.17) is 4.42 Å². The van der Waals surface area contributed by atoms with E-state index >= 15 is 0 Å². The third-order valence-electron chi connectivity index (χ3n) is 4.61. The van der Waals surface area contributed by atoms with Crippen molar-refractivity contribution in [2.75, 3.05) is 35.7 Å². The Morgan fingerprint density at radius 1 is 1.25 bits per heavy atom. The van der Waals surface area contributed by atoms with Crippen LogP contribution in [0.1, 0.15) is 23.2 Å². The van der Waals surface area contributed by atoms with Crippen molar-refractivity contribution in [3.05, 3.63) is 41.9 Å². The molecule has 0 fully saturated rings. The number of carbonyl (C=O) groups excluding carboxylic acids is 1. The summed E-state index contributed by atoms with van der Waals surface area (Å²) in [5, 5.41) is 8.61. The van der Waals surface area contributed by atoms with E-state index in [0.717, 1.165) is 17.8 Å². The molecule has 8 nitrogen and oxygen atoms in total. The average molecular weight is 396 g/mol. The fourth-order valence-electron chi connectivity index (χ4n) is 3.20. The van der Waals surface area contributed by atoms with Crippen LogP contribution in [0.25, 0.3) is 11.5 Å². The third kappa shape index (κ3) is 3.33. The van der Waals surface area contributed by atoms with E-state index < -0.39 is 0 Å². The van der Waals surface area contributed by atoms with Crippen LogP contribution in [0.15, 0.2) is 40.0 Å². The minimum atomic E-state index is -0.113. The van der Waals surface area contributed by atoms with Crippen LogP contribution < -0.4 is 9.80 Å². The number of thioether (sulfide) groups is 1. The second-order valence-corrected chi connectivity index (χ2v) is 7.08. The molecule has 2 aromatic heterocycles. The van der Waals surface area contributed by atoms with Gasteiger partial charge in [-0.1, -0.05) is 17.8 Å². The molecule has 4 rings (SSSR count). The van der Waals surface area contributed by atoms with E-state index in [-0.39, 0.29) is 5.91 Å². The quantitative estimate of drug-likeness (QED) is 0.491. The lowest BCUT2D eigenvalue weighted by molar-refractivity contribution is 0.0989. The maximum absolute atomic E-state index is 13.3. The molecule has 0 saturated carbocycles. The zero-order valence-corrected chi connectivity index (χ0v) is 16.7. The Balaban J connectivity index is 1.74. The molecule has 28 heavy (non-hydrogen) atoms. The van der Waals surface area contributed by atoms with Gasteiger partial charge in [0.25, 0.3) is 5.91 Å². The van der Waals surface area contributed by atoms with Crippen molar-refractivity contribution >= 4 is 29.2 Å². The highest BCUT2D eigenvalue weighted by atomic mass is 32.2. The molecule has 0 saturated heterocycles. The van der Waals surface area contributed by atoms with Gasteiger partial charge in [-0.05, 0) is 31.4 Å². The number of likely N-dealkylation sites (N-methyl/N-ethyl adjacent to an activating group) is 1. The van der Waals surface area contributed by atoms with Crippen molar-refractivity contribution in [2.45, 2.75) is 19.0 Å². The van der Waals surface area contributed by atoms with E-state index in [1.165, 1.54) is 11.8 Å². The number of nitrogens with zero attached hydrogens (tertiary/aromatic N) is 6. The van der Waals surface area contributed by atoms with Crippen LogP contribution in [0.2, 0.25) is 0 Å². The molecule has 0 bridgehead atoms. The lowest BCUT2D eigenvalue weighted by atomic mass is 10.1. The first kappa shape index (κ1) is 18.4. The van der Waals surface area contributed by atoms with Gasteiger partial charge in [-0.3, -0.25) is 4.79 Å². The van der Waals surface area contributed by atoms with Crippen LogP contribution in [0, 0.1) is 6.92 Å². The summed E-state index contributed by atoms with van der Waals surface area (Å²) in [6.45, 7) is 5.80. The summed E-state index contributed by atoms with van der Waals surface area (Å²) in [7, 11) is 0. The highest BCUT2D eigenvalue weighted by Crippen LogP contribution is 2.29. The molecule has 1 aliphatic heterocycles. The molecule has 0 N–H and O–H groups in total. The standard InChI is InChI=1S/C19H20N6O2S/c1-4-24-8-9-25(18(26)15-11-20-19(28-3)21-16(15)24)14-7-5-6-13(10-14)17-23-22-12(2)27-17/h5-7,10-11H,4,8-9H2,1-3H3. The van der Waals surface area contributed by atoms with E-state index in [1.807, 2.05) is 30.5 Å². The van der Waals surface area contributed by atoms with Crippen molar-refractivity contribution in [2.24, 2.45) is 0 Å². The highest BCUT2D eigenvalue weighted by molar-refractivity contribution is 7.98. The van der Waals surface area contributed by atoms with Crippen LogP contribution in [0.5, 0.6) is 0 Å². The maximum atomic E-state index is 13.3. The largest absolute Gasteiger partial charge is 0.421 e. The molecular formula is C19H20N6O2S. The van der Waals surface area contributed by atoms with Gasteiger partial charge in [0.2, 0.25) is 11.8 Å². The molecule has 3 aromatic rings. The Morgan fingerprint density at radius 3 is 2.82 bits per heavy atom. The summed E-state index contributed by atoms with van der Waals surface area (Å²) < 4.78 is 5.52. The molecule has 9 heteroatoms. The Hall–Kier alpha value is -2.94. The number of hydrogen-bond acceptors (Lipinski definition) is 8. The number of anilines is 2. The summed E-state index contributed by atoms with van der Waals surface area (Å²) in [5.41, 5.74) is 2.06. The topological polar surface area (TPSA) is 88.3 Å².